The quantitative estimate of drug-likeness (QED) is 0.691. The first-order valence-electron chi connectivity index (χ1n) is 9.76. The van der Waals surface area contributed by atoms with Crippen LogP contribution in [0.25, 0.3) is 0 Å². The number of anilines is 1. The Kier molecular flexibility index (Phi) is 7.26. The van der Waals surface area contributed by atoms with E-state index in [1.807, 2.05) is 6.07 Å². The summed E-state index contributed by atoms with van der Waals surface area (Å²) < 4.78 is 10.5. The van der Waals surface area contributed by atoms with Gasteiger partial charge >= 0.3 is 0 Å². The number of nitrogens with one attached hydrogen (secondary N) is 2. The highest BCUT2D eigenvalue weighted by atomic mass is 16.5. The summed E-state index contributed by atoms with van der Waals surface area (Å²) in [5.41, 5.74) is 0.631. The van der Waals surface area contributed by atoms with Gasteiger partial charge in [0.25, 0.3) is 5.91 Å². The highest BCUT2D eigenvalue weighted by Crippen LogP contribution is 2.20. The van der Waals surface area contributed by atoms with Crippen LogP contribution in [0.4, 0.5) is 5.69 Å². The van der Waals surface area contributed by atoms with Crippen LogP contribution in [0.15, 0.2) is 54.6 Å². The van der Waals surface area contributed by atoms with Gasteiger partial charge in [-0.1, -0.05) is 18.2 Å². The summed E-state index contributed by atoms with van der Waals surface area (Å²) in [7, 11) is 1.57. The molecule has 8 heteroatoms. The number of hydrogen-bond acceptors (Lipinski definition) is 5. The van der Waals surface area contributed by atoms with E-state index in [0.29, 0.717) is 30.2 Å². The van der Waals surface area contributed by atoms with Crippen molar-refractivity contribution in [3.05, 3.63) is 54.6 Å². The van der Waals surface area contributed by atoms with Crippen LogP contribution < -0.4 is 20.1 Å². The van der Waals surface area contributed by atoms with Crippen molar-refractivity contribution >= 4 is 23.4 Å². The first-order valence-corrected chi connectivity index (χ1v) is 9.76. The van der Waals surface area contributed by atoms with Crippen LogP contribution in [0.3, 0.4) is 0 Å². The summed E-state index contributed by atoms with van der Waals surface area (Å²) in [5, 5.41) is 5.38. The number of para-hydroxylation sites is 1. The number of carbonyl (C=O) groups is 3. The zero-order chi connectivity index (χ0) is 21.3. The Hall–Kier alpha value is -3.55. The maximum atomic E-state index is 12.6. The summed E-state index contributed by atoms with van der Waals surface area (Å²) in [6.07, 6.45) is 1.32. The molecule has 30 heavy (non-hydrogen) atoms. The molecule has 2 N–H and O–H groups in total. The second-order valence-electron chi connectivity index (χ2n) is 6.84. The zero-order valence-corrected chi connectivity index (χ0v) is 16.8. The zero-order valence-electron chi connectivity index (χ0n) is 16.8. The number of likely N-dealkylation sites (tertiary alicyclic amines) is 1. The molecule has 2 aromatic carbocycles. The maximum Gasteiger partial charge on any atom is 0.258 e. The normalized spacial score (nSPS) is 15.4. The summed E-state index contributed by atoms with van der Waals surface area (Å²) >= 11 is 0. The van der Waals surface area contributed by atoms with E-state index in [9.17, 15) is 14.4 Å². The highest BCUT2D eigenvalue weighted by molar-refractivity contribution is 5.98. The van der Waals surface area contributed by atoms with Gasteiger partial charge in [-0.2, -0.15) is 0 Å². The monoisotopic (exact) mass is 411 g/mol. The van der Waals surface area contributed by atoms with Gasteiger partial charge in [0.15, 0.2) is 6.61 Å². The fraction of sp³-hybridized carbons (Fsp3) is 0.318. The van der Waals surface area contributed by atoms with Gasteiger partial charge in [-0.3, -0.25) is 14.4 Å². The van der Waals surface area contributed by atoms with Crippen molar-refractivity contribution < 1.29 is 23.9 Å². The van der Waals surface area contributed by atoms with Crippen molar-refractivity contribution in [1.29, 1.82) is 0 Å². The lowest BCUT2D eigenvalue weighted by Gasteiger charge is -2.24. The minimum Gasteiger partial charge on any atom is -0.497 e. The van der Waals surface area contributed by atoms with Gasteiger partial charge in [-0.25, -0.2) is 0 Å². The van der Waals surface area contributed by atoms with E-state index in [2.05, 4.69) is 10.6 Å². The number of rotatable bonds is 8. The van der Waals surface area contributed by atoms with E-state index < -0.39 is 11.9 Å². The first kappa shape index (κ1) is 21.2. The molecule has 1 heterocycles. The lowest BCUT2D eigenvalue weighted by atomic mass is 10.2. The highest BCUT2D eigenvalue weighted by Gasteiger charge is 2.34. The molecule has 158 valence electrons. The van der Waals surface area contributed by atoms with Gasteiger partial charge < -0.3 is 25.0 Å². The van der Waals surface area contributed by atoms with Crippen LogP contribution >= 0.6 is 0 Å². The molecule has 1 aliphatic heterocycles. The van der Waals surface area contributed by atoms with Crippen molar-refractivity contribution in [1.82, 2.24) is 10.2 Å². The molecule has 1 atom stereocenters. The molecule has 1 fully saturated rings. The summed E-state index contributed by atoms with van der Waals surface area (Å²) in [6.45, 7) is 0.123. The van der Waals surface area contributed by atoms with Crippen LogP contribution in [-0.2, 0) is 14.4 Å². The third kappa shape index (κ3) is 5.73. The number of amides is 3. The Balaban J connectivity index is 1.47. The first-order chi connectivity index (χ1) is 14.6. The number of nitrogens with zero attached hydrogens (tertiary/aromatic N) is 1. The van der Waals surface area contributed by atoms with Gasteiger partial charge in [0.05, 0.1) is 13.7 Å². The molecule has 0 bridgehead atoms. The third-order valence-corrected chi connectivity index (χ3v) is 4.78. The molecule has 0 aliphatic carbocycles. The fourth-order valence-corrected chi connectivity index (χ4v) is 3.23. The maximum absolute atomic E-state index is 12.6. The molecule has 0 spiro atoms. The minimum atomic E-state index is -0.558. The van der Waals surface area contributed by atoms with E-state index >= 15 is 0 Å². The van der Waals surface area contributed by atoms with Gasteiger partial charge in [0, 0.05) is 12.2 Å². The molecule has 0 saturated carbocycles. The largest absolute Gasteiger partial charge is 0.497 e. The molecule has 1 unspecified atom stereocenters. The molecule has 0 radical (unpaired) electrons. The fourth-order valence-electron chi connectivity index (χ4n) is 3.23. The van der Waals surface area contributed by atoms with E-state index in [-0.39, 0.29) is 25.0 Å². The Morgan fingerprint density at radius 2 is 1.77 bits per heavy atom. The SMILES string of the molecule is COc1ccc(NC(=O)C2CCCN2C(=O)CNC(=O)COc2ccccc2)cc1. The predicted octanol–water partition coefficient (Wildman–Crippen LogP) is 1.82. The Morgan fingerprint density at radius 1 is 1.03 bits per heavy atom. The van der Waals surface area contributed by atoms with E-state index in [0.717, 1.165) is 6.42 Å². The van der Waals surface area contributed by atoms with Crippen LogP contribution in [0, 0.1) is 0 Å². The van der Waals surface area contributed by atoms with E-state index in [1.54, 1.807) is 55.6 Å². The van der Waals surface area contributed by atoms with Crippen LogP contribution in [0.5, 0.6) is 11.5 Å². The topological polar surface area (TPSA) is 97.0 Å². The molecular formula is C22H25N3O5. The summed E-state index contributed by atoms with van der Waals surface area (Å²) in [5.74, 6) is 0.331. The van der Waals surface area contributed by atoms with Gasteiger partial charge in [-0.05, 0) is 49.2 Å². The van der Waals surface area contributed by atoms with Crippen molar-refractivity contribution in [2.75, 3.05) is 32.1 Å². The van der Waals surface area contributed by atoms with E-state index in [4.69, 9.17) is 9.47 Å². The van der Waals surface area contributed by atoms with Crippen molar-refractivity contribution in [2.24, 2.45) is 0 Å². The Bertz CT molecular complexity index is 870. The van der Waals surface area contributed by atoms with Gasteiger partial charge in [-0.15, -0.1) is 0 Å². The van der Waals surface area contributed by atoms with Crippen LogP contribution in [0.2, 0.25) is 0 Å². The number of hydrogen-bond donors (Lipinski definition) is 2. The lowest BCUT2D eigenvalue weighted by molar-refractivity contribution is -0.137. The molecule has 3 rings (SSSR count). The summed E-state index contributed by atoms with van der Waals surface area (Å²) in [6, 6.07) is 15.4. The lowest BCUT2D eigenvalue weighted by Crippen LogP contribution is -2.47. The number of carbonyl (C=O) groups excluding carboxylic acids is 3. The molecule has 3 amide bonds. The molecular weight excluding hydrogens is 386 g/mol. The molecule has 2 aromatic rings. The molecule has 1 saturated heterocycles. The Morgan fingerprint density at radius 3 is 2.47 bits per heavy atom. The van der Waals surface area contributed by atoms with Crippen molar-refractivity contribution in [2.45, 2.75) is 18.9 Å². The average molecular weight is 411 g/mol. The minimum absolute atomic E-state index is 0.177. The second-order valence-corrected chi connectivity index (χ2v) is 6.84. The molecule has 8 nitrogen and oxygen atoms in total. The number of benzene rings is 2. The van der Waals surface area contributed by atoms with Crippen molar-refractivity contribution in [3.63, 3.8) is 0 Å². The smallest absolute Gasteiger partial charge is 0.258 e. The van der Waals surface area contributed by atoms with Crippen molar-refractivity contribution in [3.8, 4) is 11.5 Å². The molecule has 0 aromatic heterocycles. The van der Waals surface area contributed by atoms with E-state index in [1.165, 1.54) is 4.90 Å². The Labute approximate surface area is 175 Å². The standard InChI is InChI=1S/C22H25N3O5/c1-29-17-11-9-16(10-12-17)24-22(28)19-8-5-13-25(19)21(27)14-23-20(26)15-30-18-6-3-2-4-7-18/h2-4,6-7,9-12,19H,5,8,13-15H2,1H3,(H,23,26)(H,24,28). The predicted molar refractivity (Wildman–Crippen MR) is 111 cm³/mol. The van der Waals surface area contributed by atoms with Crippen LogP contribution in [0.1, 0.15) is 12.8 Å². The van der Waals surface area contributed by atoms with Crippen LogP contribution in [-0.4, -0.2) is 55.5 Å². The second kappa shape index (κ2) is 10.3. The summed E-state index contributed by atoms with van der Waals surface area (Å²) in [4.78, 5) is 38.6. The number of methoxy groups -OCH3 is 1. The average Bonchev–Trinajstić information content (AvgIpc) is 3.27. The van der Waals surface area contributed by atoms with Gasteiger partial charge in [0.2, 0.25) is 11.8 Å². The van der Waals surface area contributed by atoms with Gasteiger partial charge in [0.1, 0.15) is 17.5 Å². The molecule has 1 aliphatic rings. The third-order valence-electron chi connectivity index (χ3n) is 4.78. The number of ether oxygens (including phenoxy) is 2.